The molecule has 0 amide bonds. The molecule has 2 aromatic heterocycles. The molecule has 0 aliphatic heterocycles. The SMILES string of the molecule is CC1(C)CCC(C)(C)c2cc3c(cc21)c1cc2c(cc1n3-c1cccc(-c3ccccc3-c3ccccc3)c1)c1c3ccccc3ccc1n2-c1ccccc1. The third-order valence-corrected chi connectivity index (χ3v) is 13.0. The van der Waals surface area contributed by atoms with E-state index in [1.54, 1.807) is 0 Å². The van der Waals surface area contributed by atoms with Crippen LogP contribution in [0.4, 0.5) is 0 Å². The van der Waals surface area contributed by atoms with Crippen molar-refractivity contribution >= 4 is 54.4 Å². The molecule has 0 fully saturated rings. The Morgan fingerprint density at radius 2 is 0.911 bits per heavy atom. The van der Waals surface area contributed by atoms with Crippen LogP contribution < -0.4 is 0 Å². The lowest BCUT2D eigenvalue weighted by Gasteiger charge is -2.42. The molecule has 0 atom stereocenters. The highest BCUT2D eigenvalue weighted by Crippen LogP contribution is 2.50. The van der Waals surface area contributed by atoms with Crippen molar-refractivity contribution < 1.29 is 0 Å². The van der Waals surface area contributed by atoms with Crippen molar-refractivity contribution in [2.24, 2.45) is 0 Å². The molecule has 0 N–H and O–H groups in total. The van der Waals surface area contributed by atoms with Crippen LogP contribution in [0.25, 0.3) is 88.0 Å². The summed E-state index contributed by atoms with van der Waals surface area (Å²) >= 11 is 0. The smallest absolute Gasteiger partial charge is 0.0549 e. The summed E-state index contributed by atoms with van der Waals surface area (Å²) in [7, 11) is 0. The Hall–Kier alpha value is -6.38. The summed E-state index contributed by atoms with van der Waals surface area (Å²) in [5, 5.41) is 7.71. The monoisotopic (exact) mass is 720 g/mol. The fraction of sp³-hybridized carbons (Fsp3) is 0.148. The second-order valence-corrected chi connectivity index (χ2v) is 17.2. The van der Waals surface area contributed by atoms with E-state index in [1.807, 2.05) is 0 Å². The van der Waals surface area contributed by atoms with Crippen molar-refractivity contribution in [3.8, 4) is 33.6 Å². The van der Waals surface area contributed by atoms with Gasteiger partial charge in [0, 0.05) is 32.9 Å². The predicted octanol–water partition coefficient (Wildman–Crippen LogP) is 14.7. The molecule has 1 aliphatic rings. The van der Waals surface area contributed by atoms with Gasteiger partial charge in [0.1, 0.15) is 0 Å². The molecule has 0 radical (unpaired) electrons. The highest BCUT2D eigenvalue weighted by Gasteiger charge is 2.38. The van der Waals surface area contributed by atoms with E-state index in [9.17, 15) is 0 Å². The number of hydrogen-bond acceptors (Lipinski definition) is 0. The Morgan fingerprint density at radius 3 is 1.68 bits per heavy atom. The van der Waals surface area contributed by atoms with E-state index in [2.05, 4.69) is 207 Å². The van der Waals surface area contributed by atoms with E-state index in [0.29, 0.717) is 0 Å². The fourth-order valence-electron chi connectivity index (χ4n) is 9.91. The Balaban J connectivity index is 1.28. The normalized spacial score (nSPS) is 14.9. The van der Waals surface area contributed by atoms with Gasteiger partial charge in [-0.15, -0.1) is 0 Å². The summed E-state index contributed by atoms with van der Waals surface area (Å²) in [6, 6.07) is 63.2. The van der Waals surface area contributed by atoms with Gasteiger partial charge in [0.05, 0.1) is 22.1 Å². The summed E-state index contributed by atoms with van der Waals surface area (Å²) in [6.45, 7) is 9.76. The topological polar surface area (TPSA) is 9.86 Å². The zero-order chi connectivity index (χ0) is 37.8. The van der Waals surface area contributed by atoms with Gasteiger partial charge in [0.15, 0.2) is 0 Å². The summed E-state index contributed by atoms with van der Waals surface area (Å²) in [4.78, 5) is 0. The minimum atomic E-state index is 0.0839. The number of para-hydroxylation sites is 1. The van der Waals surface area contributed by atoms with Gasteiger partial charge in [-0.2, -0.15) is 0 Å². The van der Waals surface area contributed by atoms with Gasteiger partial charge in [0.25, 0.3) is 0 Å². The first-order valence-electron chi connectivity index (χ1n) is 20.1. The highest BCUT2D eigenvalue weighted by atomic mass is 15.0. The van der Waals surface area contributed by atoms with Crippen LogP contribution in [0.2, 0.25) is 0 Å². The Morgan fingerprint density at radius 1 is 0.375 bits per heavy atom. The van der Waals surface area contributed by atoms with Crippen LogP contribution in [0.1, 0.15) is 51.7 Å². The molecule has 2 heteroatoms. The van der Waals surface area contributed by atoms with Gasteiger partial charge >= 0.3 is 0 Å². The van der Waals surface area contributed by atoms with E-state index < -0.39 is 0 Å². The second-order valence-electron chi connectivity index (χ2n) is 17.2. The summed E-state index contributed by atoms with van der Waals surface area (Å²) in [5.74, 6) is 0. The molecule has 0 saturated carbocycles. The minimum Gasteiger partial charge on any atom is -0.309 e. The first-order chi connectivity index (χ1) is 27.3. The number of fused-ring (bicyclic) bond motifs is 9. The van der Waals surface area contributed by atoms with Crippen LogP contribution >= 0.6 is 0 Å². The third kappa shape index (κ3) is 4.88. The predicted molar refractivity (Wildman–Crippen MR) is 239 cm³/mol. The largest absolute Gasteiger partial charge is 0.309 e. The lowest BCUT2D eigenvalue weighted by Crippen LogP contribution is -2.33. The zero-order valence-electron chi connectivity index (χ0n) is 32.5. The molecule has 0 unspecified atom stereocenters. The van der Waals surface area contributed by atoms with Crippen LogP contribution in [-0.2, 0) is 10.8 Å². The molecule has 11 rings (SSSR count). The number of rotatable bonds is 4. The van der Waals surface area contributed by atoms with E-state index in [0.717, 1.165) is 0 Å². The van der Waals surface area contributed by atoms with Gasteiger partial charge in [-0.3, -0.25) is 0 Å². The van der Waals surface area contributed by atoms with Gasteiger partial charge in [0.2, 0.25) is 0 Å². The molecule has 0 spiro atoms. The summed E-state index contributed by atoms with van der Waals surface area (Å²) in [5.41, 5.74) is 15.4. The van der Waals surface area contributed by atoms with E-state index in [4.69, 9.17) is 0 Å². The van der Waals surface area contributed by atoms with Crippen molar-refractivity contribution in [2.75, 3.05) is 0 Å². The Kier molecular flexibility index (Phi) is 7.11. The van der Waals surface area contributed by atoms with Gasteiger partial charge < -0.3 is 9.13 Å². The van der Waals surface area contributed by atoms with Crippen LogP contribution in [0, 0.1) is 0 Å². The standard InChI is InChI=1S/C54H44N2/c1-53(2)28-29-54(3,4)47-34-51-43(31-46(47)53)44-32-50-45(52-42-25-12-11-18-36(42)26-27-48(52)55(50)38-20-9-6-10-21-38)33-49(44)56(51)39-22-15-19-37(30-39)41-24-14-13-23-40(41)35-16-7-5-8-17-35/h5-27,30-34H,28-29H2,1-4H3. The van der Waals surface area contributed by atoms with Gasteiger partial charge in [-0.1, -0.05) is 143 Å². The molecule has 0 bridgehead atoms. The molecule has 10 aromatic rings. The first kappa shape index (κ1) is 33.0. The van der Waals surface area contributed by atoms with Crippen molar-refractivity contribution in [2.45, 2.75) is 51.4 Å². The molecular weight excluding hydrogens is 677 g/mol. The molecule has 2 nitrogen and oxygen atoms in total. The summed E-state index contributed by atoms with van der Waals surface area (Å²) in [6.07, 6.45) is 2.36. The number of aromatic nitrogens is 2. The van der Waals surface area contributed by atoms with Crippen molar-refractivity contribution in [1.82, 2.24) is 9.13 Å². The zero-order valence-corrected chi connectivity index (χ0v) is 32.5. The average molecular weight is 721 g/mol. The molecule has 2 heterocycles. The maximum absolute atomic E-state index is 2.57. The average Bonchev–Trinajstić information content (AvgIpc) is 3.73. The van der Waals surface area contributed by atoms with E-state index >= 15 is 0 Å². The maximum Gasteiger partial charge on any atom is 0.0549 e. The van der Waals surface area contributed by atoms with Crippen LogP contribution in [-0.4, -0.2) is 9.13 Å². The molecule has 270 valence electrons. The van der Waals surface area contributed by atoms with Crippen molar-refractivity contribution in [3.05, 3.63) is 181 Å². The minimum absolute atomic E-state index is 0.0839. The fourth-order valence-corrected chi connectivity index (χ4v) is 9.91. The van der Waals surface area contributed by atoms with Crippen molar-refractivity contribution in [3.63, 3.8) is 0 Å². The Labute approximate surface area is 328 Å². The number of hydrogen-bond donors (Lipinski definition) is 0. The molecule has 1 aliphatic carbocycles. The van der Waals surface area contributed by atoms with Gasteiger partial charge in [-0.05, 0) is 122 Å². The number of nitrogens with zero attached hydrogens (tertiary/aromatic N) is 2. The van der Waals surface area contributed by atoms with Crippen LogP contribution in [0.15, 0.2) is 170 Å². The molecule has 56 heavy (non-hydrogen) atoms. The molecule has 8 aromatic carbocycles. The first-order valence-corrected chi connectivity index (χ1v) is 20.1. The molecule has 0 saturated heterocycles. The van der Waals surface area contributed by atoms with E-state index in [-0.39, 0.29) is 10.8 Å². The Bertz CT molecular complexity index is 3170. The highest BCUT2D eigenvalue weighted by molar-refractivity contribution is 6.25. The number of benzene rings is 8. The quantitative estimate of drug-likeness (QED) is 0.171. The maximum atomic E-state index is 2.57. The van der Waals surface area contributed by atoms with Crippen LogP contribution in [0.5, 0.6) is 0 Å². The van der Waals surface area contributed by atoms with Crippen LogP contribution in [0.3, 0.4) is 0 Å². The van der Waals surface area contributed by atoms with Crippen molar-refractivity contribution in [1.29, 1.82) is 0 Å². The van der Waals surface area contributed by atoms with E-state index in [1.165, 1.54) is 112 Å². The van der Waals surface area contributed by atoms with Gasteiger partial charge in [-0.25, -0.2) is 0 Å². The lowest BCUT2D eigenvalue weighted by atomic mass is 9.63. The summed E-state index contributed by atoms with van der Waals surface area (Å²) < 4.78 is 5.04. The third-order valence-electron chi connectivity index (χ3n) is 13.0. The molecular formula is C54H44N2. The lowest BCUT2D eigenvalue weighted by molar-refractivity contribution is 0.332. The second kappa shape index (κ2) is 12.1.